The third-order valence-corrected chi connectivity index (χ3v) is 8.66. The van der Waals surface area contributed by atoms with Crippen LogP contribution in [0.4, 0.5) is 17.1 Å². The van der Waals surface area contributed by atoms with Crippen LogP contribution in [0.5, 0.6) is 5.75 Å². The fourth-order valence-corrected chi connectivity index (χ4v) is 6.69. The minimum atomic E-state index is -4.83. The summed E-state index contributed by atoms with van der Waals surface area (Å²) >= 11 is 2.42. The Labute approximate surface area is 226 Å². The number of ether oxygens (including phenoxy) is 1. The number of hydrogen-bond donors (Lipinski definition) is 4. The maximum absolute atomic E-state index is 13.2. The van der Waals surface area contributed by atoms with Crippen molar-refractivity contribution in [2.24, 2.45) is 0 Å². The molecule has 5 aromatic rings. The van der Waals surface area contributed by atoms with Crippen molar-refractivity contribution in [1.82, 2.24) is 4.98 Å². The number of anilines is 3. The van der Waals surface area contributed by atoms with Gasteiger partial charge in [0.15, 0.2) is 5.75 Å². The Balaban J connectivity index is 1.50. The Hall–Kier alpha value is -4.10. The average Bonchev–Trinajstić information content (AvgIpc) is 3.31. The molecule has 9 nitrogen and oxygen atoms in total. The molecule has 0 amide bonds. The Kier molecular flexibility index (Phi) is 6.71. The lowest BCUT2D eigenvalue weighted by Crippen LogP contribution is -2.15. The largest absolute Gasteiger partial charge is 0.421 e. The van der Waals surface area contributed by atoms with Gasteiger partial charge >= 0.3 is 5.97 Å². The van der Waals surface area contributed by atoms with E-state index >= 15 is 0 Å². The molecular formula is C26H20N4O5S3. The number of carbonyl (C=O) groups is 1. The summed E-state index contributed by atoms with van der Waals surface area (Å²) in [6.07, 6.45) is 0. The third-order valence-electron chi connectivity index (χ3n) is 5.45. The molecule has 4 aromatic carbocycles. The summed E-state index contributed by atoms with van der Waals surface area (Å²) < 4.78 is 40.6. The number of benzene rings is 4. The summed E-state index contributed by atoms with van der Waals surface area (Å²) in [6, 6.07) is 21.8. The summed E-state index contributed by atoms with van der Waals surface area (Å²) in [5, 5.41) is 0.493. The predicted molar refractivity (Wildman–Crippen MR) is 150 cm³/mol. The molecule has 12 heteroatoms. The molecule has 0 radical (unpaired) electrons. The van der Waals surface area contributed by atoms with Crippen LogP contribution >= 0.6 is 23.1 Å². The van der Waals surface area contributed by atoms with Crippen molar-refractivity contribution in [3.8, 4) is 16.3 Å². The van der Waals surface area contributed by atoms with Crippen LogP contribution < -0.4 is 21.9 Å². The van der Waals surface area contributed by atoms with E-state index in [0.717, 1.165) is 21.1 Å². The van der Waals surface area contributed by atoms with Crippen molar-refractivity contribution >= 4 is 66.5 Å². The molecule has 0 saturated carbocycles. The zero-order chi connectivity index (χ0) is 27.0. The molecule has 0 spiro atoms. The maximum atomic E-state index is 13.2. The molecule has 7 N–H and O–H groups in total. The molecule has 0 aliphatic rings. The Morgan fingerprint density at radius 1 is 0.868 bits per heavy atom. The Morgan fingerprint density at radius 3 is 2.16 bits per heavy atom. The first-order valence-corrected chi connectivity index (χ1v) is 14.1. The number of nitrogens with two attached hydrogens (primary N) is 3. The van der Waals surface area contributed by atoms with Crippen LogP contribution in [0.2, 0.25) is 0 Å². The number of aromatic nitrogens is 1. The first kappa shape index (κ1) is 25.5. The van der Waals surface area contributed by atoms with Gasteiger partial charge in [-0.15, -0.1) is 11.3 Å². The van der Waals surface area contributed by atoms with Gasteiger partial charge < -0.3 is 21.9 Å². The van der Waals surface area contributed by atoms with Gasteiger partial charge in [-0.05, 0) is 78.9 Å². The van der Waals surface area contributed by atoms with Gasteiger partial charge in [0.2, 0.25) is 0 Å². The smallest absolute Gasteiger partial charge is 0.345 e. The molecule has 0 aliphatic heterocycles. The van der Waals surface area contributed by atoms with Crippen LogP contribution in [0, 0.1) is 0 Å². The van der Waals surface area contributed by atoms with Crippen molar-refractivity contribution in [3.05, 3.63) is 84.4 Å². The van der Waals surface area contributed by atoms with E-state index in [1.807, 2.05) is 12.1 Å². The number of fused-ring (bicyclic) bond motifs is 1. The van der Waals surface area contributed by atoms with E-state index in [2.05, 4.69) is 4.98 Å². The van der Waals surface area contributed by atoms with E-state index in [9.17, 15) is 17.8 Å². The van der Waals surface area contributed by atoms with E-state index < -0.39 is 21.0 Å². The van der Waals surface area contributed by atoms with Crippen molar-refractivity contribution < 1.29 is 22.5 Å². The molecule has 1 aromatic heterocycles. The van der Waals surface area contributed by atoms with E-state index in [0.29, 0.717) is 27.5 Å². The fourth-order valence-electron chi connectivity index (χ4n) is 3.63. The van der Waals surface area contributed by atoms with Gasteiger partial charge in [-0.1, -0.05) is 11.8 Å². The molecule has 38 heavy (non-hydrogen) atoms. The fraction of sp³-hybridized carbons (Fsp3) is 0. The van der Waals surface area contributed by atoms with Crippen molar-refractivity contribution in [2.75, 3.05) is 17.2 Å². The Bertz CT molecular complexity index is 1790. The number of thiazole rings is 1. The second-order valence-corrected chi connectivity index (χ2v) is 11.7. The zero-order valence-electron chi connectivity index (χ0n) is 19.5. The lowest BCUT2D eigenvalue weighted by atomic mass is 10.2. The minimum Gasteiger partial charge on any atom is -0.421 e. The minimum absolute atomic E-state index is 0.0451. The summed E-state index contributed by atoms with van der Waals surface area (Å²) in [5.74, 6) is -0.952. The highest BCUT2D eigenvalue weighted by molar-refractivity contribution is 7.99. The first-order valence-electron chi connectivity index (χ1n) is 11.0. The summed E-state index contributed by atoms with van der Waals surface area (Å²) in [7, 11) is -4.83. The second-order valence-electron chi connectivity index (χ2n) is 8.17. The highest BCUT2D eigenvalue weighted by atomic mass is 32.2. The van der Waals surface area contributed by atoms with Crippen LogP contribution in [0.25, 0.3) is 20.8 Å². The van der Waals surface area contributed by atoms with Crippen LogP contribution in [0.1, 0.15) is 10.4 Å². The van der Waals surface area contributed by atoms with Gasteiger partial charge in [0.1, 0.15) is 9.90 Å². The predicted octanol–water partition coefficient (Wildman–Crippen LogP) is 5.33. The summed E-state index contributed by atoms with van der Waals surface area (Å²) in [4.78, 5) is 18.7. The average molecular weight is 565 g/mol. The zero-order valence-corrected chi connectivity index (χ0v) is 21.9. The monoisotopic (exact) mass is 564 g/mol. The van der Waals surface area contributed by atoms with E-state index in [4.69, 9.17) is 21.9 Å². The highest BCUT2D eigenvalue weighted by Crippen LogP contribution is 2.38. The number of esters is 1. The van der Waals surface area contributed by atoms with Crippen LogP contribution in [-0.4, -0.2) is 23.9 Å². The van der Waals surface area contributed by atoms with E-state index in [1.165, 1.54) is 23.9 Å². The quantitative estimate of drug-likeness (QED) is 0.0914. The summed E-state index contributed by atoms with van der Waals surface area (Å²) in [6.45, 7) is 0. The van der Waals surface area contributed by atoms with Crippen molar-refractivity contribution in [2.45, 2.75) is 14.7 Å². The molecule has 0 atom stereocenters. The molecule has 0 aliphatic carbocycles. The number of rotatable bonds is 6. The van der Waals surface area contributed by atoms with Gasteiger partial charge in [0.05, 0.1) is 21.5 Å². The molecule has 1 heterocycles. The van der Waals surface area contributed by atoms with E-state index in [-0.39, 0.29) is 21.7 Å². The molecule has 0 unspecified atom stereocenters. The van der Waals surface area contributed by atoms with Gasteiger partial charge in [0.25, 0.3) is 10.1 Å². The van der Waals surface area contributed by atoms with Crippen LogP contribution in [0.15, 0.2) is 93.5 Å². The summed E-state index contributed by atoms with van der Waals surface area (Å²) in [5.41, 5.74) is 19.5. The Morgan fingerprint density at radius 2 is 1.50 bits per heavy atom. The van der Waals surface area contributed by atoms with Gasteiger partial charge in [-0.25, -0.2) is 9.78 Å². The molecular weight excluding hydrogens is 545 g/mol. The van der Waals surface area contributed by atoms with E-state index in [1.54, 1.807) is 54.6 Å². The third kappa shape index (κ3) is 5.29. The number of nitrogen functional groups attached to an aromatic ring is 3. The highest BCUT2D eigenvalue weighted by Gasteiger charge is 2.28. The molecule has 0 saturated heterocycles. The van der Waals surface area contributed by atoms with Gasteiger partial charge in [-0.3, -0.25) is 4.55 Å². The SMILES string of the molecule is Nc1ccc(Sc2ccc(N)c(OC(=O)c3ccc4nc(-c5ccc(N)cc5)sc4c3S(=O)(=O)O)c2)cc1. The molecule has 192 valence electrons. The molecule has 0 bridgehead atoms. The standard InChI is InChI=1S/C26H20N4O5S3/c27-15-3-1-14(2-4-15)25-30-21-12-10-19(24(23(21)37-25)38(32,33)34)26(31)35-22-13-18(9-11-20(22)29)36-17-7-5-16(28)6-8-17/h1-13H,27-29H2,(H,32,33,34). The lowest BCUT2D eigenvalue weighted by Gasteiger charge is -2.11. The van der Waals surface area contributed by atoms with Crippen LogP contribution in [0.3, 0.4) is 0 Å². The first-order chi connectivity index (χ1) is 18.1. The van der Waals surface area contributed by atoms with Crippen LogP contribution in [-0.2, 0) is 10.1 Å². The maximum Gasteiger partial charge on any atom is 0.345 e. The molecule has 5 rings (SSSR count). The lowest BCUT2D eigenvalue weighted by molar-refractivity contribution is 0.0731. The number of nitrogens with zero attached hydrogens (tertiary/aromatic N) is 1. The topological polar surface area (TPSA) is 172 Å². The number of hydrogen-bond acceptors (Lipinski definition) is 10. The normalized spacial score (nSPS) is 11.5. The second kappa shape index (κ2) is 9.99. The number of carbonyl (C=O) groups excluding carboxylic acids is 1. The van der Waals surface area contributed by atoms with Crippen molar-refractivity contribution in [3.63, 3.8) is 0 Å². The van der Waals surface area contributed by atoms with Gasteiger partial charge in [0, 0.05) is 26.7 Å². The van der Waals surface area contributed by atoms with Gasteiger partial charge in [-0.2, -0.15) is 8.42 Å². The molecule has 0 fully saturated rings. The van der Waals surface area contributed by atoms with Crippen molar-refractivity contribution in [1.29, 1.82) is 0 Å².